The molecule has 19 heavy (non-hydrogen) atoms. The number of nitrogens with two attached hydrogens (primary N) is 1. The minimum atomic E-state index is -4.45. The summed E-state index contributed by atoms with van der Waals surface area (Å²) in [7, 11) is 1.08. The molecule has 0 bridgehead atoms. The molecule has 1 rings (SSSR count). The van der Waals surface area contributed by atoms with Gasteiger partial charge < -0.3 is 15.4 Å². The number of para-hydroxylation sites is 1. The Hall–Kier alpha value is -1.92. The number of alkyl halides is 3. The second-order valence-corrected chi connectivity index (χ2v) is 3.93. The molecule has 1 amide bonds. The zero-order chi connectivity index (χ0) is 14.6. The van der Waals surface area contributed by atoms with E-state index in [2.05, 4.69) is 0 Å². The Labute approximate surface area is 108 Å². The summed E-state index contributed by atoms with van der Waals surface area (Å²) < 4.78 is 42.0. The highest BCUT2D eigenvalue weighted by molar-refractivity contribution is 5.98. The minimum Gasteiger partial charge on any atom is -0.491 e. The second kappa shape index (κ2) is 5.81. The first kappa shape index (κ1) is 15.1. The molecule has 106 valence electrons. The van der Waals surface area contributed by atoms with Crippen LogP contribution in [0.1, 0.15) is 17.3 Å². The van der Waals surface area contributed by atoms with Gasteiger partial charge in [0.1, 0.15) is 6.54 Å². The van der Waals surface area contributed by atoms with Gasteiger partial charge in [-0.1, -0.05) is 6.07 Å². The molecule has 0 saturated heterocycles. The van der Waals surface area contributed by atoms with Crippen molar-refractivity contribution in [2.75, 3.05) is 25.9 Å². The van der Waals surface area contributed by atoms with Gasteiger partial charge >= 0.3 is 6.18 Å². The van der Waals surface area contributed by atoms with E-state index in [1.807, 2.05) is 0 Å². The largest absolute Gasteiger partial charge is 0.491 e. The molecule has 7 heteroatoms. The summed E-state index contributed by atoms with van der Waals surface area (Å²) in [5.41, 5.74) is 5.89. The monoisotopic (exact) mass is 276 g/mol. The van der Waals surface area contributed by atoms with E-state index in [1.54, 1.807) is 6.92 Å². The highest BCUT2D eigenvalue weighted by atomic mass is 19.4. The van der Waals surface area contributed by atoms with Crippen LogP contribution in [0.3, 0.4) is 0 Å². The van der Waals surface area contributed by atoms with E-state index in [0.29, 0.717) is 4.90 Å². The molecule has 0 aliphatic heterocycles. The molecule has 0 saturated carbocycles. The number of nitrogens with zero attached hydrogens (tertiary/aromatic N) is 1. The number of benzene rings is 1. The van der Waals surface area contributed by atoms with Gasteiger partial charge in [0.15, 0.2) is 5.75 Å². The van der Waals surface area contributed by atoms with Gasteiger partial charge in [-0.2, -0.15) is 13.2 Å². The van der Waals surface area contributed by atoms with E-state index < -0.39 is 18.6 Å². The molecule has 0 aliphatic rings. The summed E-state index contributed by atoms with van der Waals surface area (Å²) in [5.74, 6) is -0.669. The number of ether oxygens (including phenoxy) is 1. The molecule has 1 aromatic carbocycles. The molecular formula is C12H15F3N2O2. The van der Waals surface area contributed by atoms with Crippen LogP contribution in [0, 0.1) is 0 Å². The Morgan fingerprint density at radius 2 is 2.05 bits per heavy atom. The van der Waals surface area contributed by atoms with E-state index in [4.69, 9.17) is 10.5 Å². The summed E-state index contributed by atoms with van der Waals surface area (Å²) >= 11 is 0. The number of anilines is 1. The molecule has 2 N–H and O–H groups in total. The lowest BCUT2D eigenvalue weighted by molar-refractivity contribution is -0.138. The quantitative estimate of drug-likeness (QED) is 0.858. The van der Waals surface area contributed by atoms with Crippen LogP contribution >= 0.6 is 0 Å². The van der Waals surface area contributed by atoms with Crippen molar-refractivity contribution in [1.29, 1.82) is 0 Å². The lowest BCUT2D eigenvalue weighted by Gasteiger charge is -2.20. The van der Waals surface area contributed by atoms with Crippen LogP contribution in [0.4, 0.5) is 18.9 Å². The van der Waals surface area contributed by atoms with Crippen molar-refractivity contribution in [3.8, 4) is 5.75 Å². The number of carbonyl (C=O) groups is 1. The number of halogens is 3. The number of nitrogen functional groups attached to an aromatic ring is 1. The highest BCUT2D eigenvalue weighted by Crippen LogP contribution is 2.28. The van der Waals surface area contributed by atoms with Crippen LogP contribution in [-0.4, -0.2) is 37.2 Å². The maximum absolute atomic E-state index is 12.3. The van der Waals surface area contributed by atoms with Crippen molar-refractivity contribution in [3.63, 3.8) is 0 Å². The molecule has 0 radical (unpaired) electrons. The maximum Gasteiger partial charge on any atom is 0.406 e. The van der Waals surface area contributed by atoms with E-state index in [-0.39, 0.29) is 23.6 Å². The van der Waals surface area contributed by atoms with Crippen molar-refractivity contribution in [1.82, 2.24) is 4.90 Å². The van der Waals surface area contributed by atoms with Crippen molar-refractivity contribution in [2.24, 2.45) is 0 Å². The first-order valence-corrected chi connectivity index (χ1v) is 5.59. The Balaban J connectivity index is 3.02. The average molecular weight is 276 g/mol. The Morgan fingerprint density at radius 1 is 1.42 bits per heavy atom. The average Bonchev–Trinajstić information content (AvgIpc) is 2.29. The van der Waals surface area contributed by atoms with Gasteiger partial charge in [-0.15, -0.1) is 0 Å². The van der Waals surface area contributed by atoms with Crippen LogP contribution < -0.4 is 10.5 Å². The normalized spacial score (nSPS) is 11.2. The van der Waals surface area contributed by atoms with Crippen molar-refractivity contribution >= 4 is 11.6 Å². The van der Waals surface area contributed by atoms with E-state index >= 15 is 0 Å². The van der Waals surface area contributed by atoms with Crippen LogP contribution in [0.25, 0.3) is 0 Å². The topological polar surface area (TPSA) is 55.6 Å². The molecule has 0 unspecified atom stereocenters. The fourth-order valence-corrected chi connectivity index (χ4v) is 1.58. The van der Waals surface area contributed by atoms with Crippen LogP contribution in [0.5, 0.6) is 5.75 Å². The van der Waals surface area contributed by atoms with Crippen LogP contribution in [0.15, 0.2) is 18.2 Å². The number of hydrogen-bond donors (Lipinski definition) is 1. The predicted octanol–water partition coefficient (Wildman–Crippen LogP) is 2.30. The zero-order valence-electron chi connectivity index (χ0n) is 10.6. The lowest BCUT2D eigenvalue weighted by Crippen LogP contribution is -2.36. The van der Waals surface area contributed by atoms with Crippen LogP contribution in [0.2, 0.25) is 0 Å². The number of amides is 1. The Kier molecular flexibility index (Phi) is 4.63. The van der Waals surface area contributed by atoms with Gasteiger partial charge in [0.2, 0.25) is 0 Å². The smallest absolute Gasteiger partial charge is 0.406 e. The van der Waals surface area contributed by atoms with E-state index in [9.17, 15) is 18.0 Å². The fourth-order valence-electron chi connectivity index (χ4n) is 1.58. The SMILES string of the molecule is CCOc1c(N)cccc1C(=O)N(C)CC(F)(F)F. The fraction of sp³-hybridized carbons (Fsp3) is 0.417. The summed E-state index contributed by atoms with van der Waals surface area (Å²) in [6.07, 6.45) is -4.45. The Morgan fingerprint density at radius 3 is 2.58 bits per heavy atom. The van der Waals surface area contributed by atoms with Gasteiger partial charge in [0.25, 0.3) is 5.91 Å². The number of carbonyl (C=O) groups excluding carboxylic acids is 1. The van der Waals surface area contributed by atoms with Gasteiger partial charge in [-0.3, -0.25) is 4.79 Å². The maximum atomic E-state index is 12.3. The summed E-state index contributed by atoms with van der Waals surface area (Å²) in [6, 6.07) is 4.40. The molecule has 0 aliphatic carbocycles. The number of rotatable bonds is 4. The van der Waals surface area contributed by atoms with E-state index in [0.717, 1.165) is 7.05 Å². The molecule has 0 heterocycles. The van der Waals surface area contributed by atoms with E-state index in [1.165, 1.54) is 18.2 Å². The van der Waals surface area contributed by atoms with Crippen molar-refractivity contribution in [2.45, 2.75) is 13.1 Å². The zero-order valence-corrected chi connectivity index (χ0v) is 10.6. The van der Waals surface area contributed by atoms with Crippen molar-refractivity contribution < 1.29 is 22.7 Å². The minimum absolute atomic E-state index is 0.0219. The molecule has 0 spiro atoms. The van der Waals surface area contributed by atoms with Gasteiger partial charge in [0.05, 0.1) is 17.9 Å². The van der Waals surface area contributed by atoms with Crippen molar-refractivity contribution in [3.05, 3.63) is 23.8 Å². The third kappa shape index (κ3) is 4.04. The van der Waals surface area contributed by atoms with Gasteiger partial charge in [-0.25, -0.2) is 0 Å². The standard InChI is InChI=1S/C12H15F3N2O2/c1-3-19-10-8(5-4-6-9(10)16)11(18)17(2)7-12(13,14)15/h4-6H,3,7,16H2,1-2H3. The molecule has 0 fully saturated rings. The Bertz CT molecular complexity index is 461. The first-order chi connectivity index (χ1) is 8.76. The molecule has 1 aromatic rings. The summed E-state index contributed by atoms with van der Waals surface area (Å²) in [6.45, 7) is 0.629. The highest BCUT2D eigenvalue weighted by Gasteiger charge is 2.32. The lowest BCUT2D eigenvalue weighted by atomic mass is 10.1. The molecule has 4 nitrogen and oxygen atoms in total. The number of hydrogen-bond acceptors (Lipinski definition) is 3. The van der Waals surface area contributed by atoms with Crippen LogP contribution in [-0.2, 0) is 0 Å². The summed E-state index contributed by atoms with van der Waals surface area (Å²) in [4.78, 5) is 12.5. The van der Waals surface area contributed by atoms with Gasteiger partial charge in [0, 0.05) is 7.05 Å². The molecular weight excluding hydrogens is 261 g/mol. The molecule has 0 atom stereocenters. The summed E-state index contributed by atoms with van der Waals surface area (Å²) in [5, 5.41) is 0. The second-order valence-electron chi connectivity index (χ2n) is 3.93. The third-order valence-electron chi connectivity index (χ3n) is 2.33. The predicted molar refractivity (Wildman–Crippen MR) is 65.0 cm³/mol. The first-order valence-electron chi connectivity index (χ1n) is 5.59. The van der Waals surface area contributed by atoms with Gasteiger partial charge in [-0.05, 0) is 19.1 Å². The third-order valence-corrected chi connectivity index (χ3v) is 2.33. The molecule has 0 aromatic heterocycles.